The minimum atomic E-state index is 0.147. The van der Waals surface area contributed by atoms with E-state index in [9.17, 15) is 0 Å². The smallest absolute Gasteiger partial charge is 0.119 e. The van der Waals surface area contributed by atoms with Crippen molar-refractivity contribution in [1.29, 1.82) is 0 Å². The Labute approximate surface area is 117 Å². The zero-order valence-electron chi connectivity index (χ0n) is 11.3. The summed E-state index contributed by atoms with van der Waals surface area (Å²) in [4.78, 5) is 0. The third-order valence-electron chi connectivity index (χ3n) is 3.10. The highest BCUT2D eigenvalue weighted by atomic mass is 33.1. The first-order valence-electron chi connectivity index (χ1n) is 6.18. The summed E-state index contributed by atoms with van der Waals surface area (Å²) in [5.41, 5.74) is 1.29. The van der Waals surface area contributed by atoms with Crippen molar-refractivity contribution in [3.05, 3.63) is 29.8 Å². The predicted octanol–water partition coefficient (Wildman–Crippen LogP) is 4.32. The molecule has 0 unspecified atom stereocenters. The molecule has 1 fully saturated rings. The average molecular weight is 284 g/mol. The van der Waals surface area contributed by atoms with Gasteiger partial charge in [-0.1, -0.05) is 33.7 Å². The van der Waals surface area contributed by atoms with E-state index in [2.05, 4.69) is 32.9 Å². The number of ether oxygens (including phenoxy) is 2. The highest BCUT2D eigenvalue weighted by Crippen LogP contribution is 2.59. The summed E-state index contributed by atoms with van der Waals surface area (Å²) in [6.07, 6.45) is 0.240. The second-order valence-corrected chi connectivity index (χ2v) is 7.85. The molecular weight excluding hydrogens is 264 g/mol. The van der Waals surface area contributed by atoms with E-state index in [4.69, 9.17) is 9.47 Å². The number of benzene rings is 1. The summed E-state index contributed by atoms with van der Waals surface area (Å²) in [6, 6.07) is 8.31. The number of hydrogen-bond acceptors (Lipinski definition) is 4. The average Bonchev–Trinajstić information content (AvgIpc) is 2.66. The van der Waals surface area contributed by atoms with Gasteiger partial charge in [0.05, 0.1) is 18.5 Å². The molecule has 0 N–H and O–H groups in total. The van der Waals surface area contributed by atoms with E-state index in [-0.39, 0.29) is 10.9 Å². The van der Waals surface area contributed by atoms with Crippen LogP contribution in [-0.4, -0.2) is 24.6 Å². The minimum Gasteiger partial charge on any atom is -0.497 e. The molecule has 100 valence electrons. The van der Waals surface area contributed by atoms with Gasteiger partial charge < -0.3 is 9.47 Å². The van der Waals surface area contributed by atoms with E-state index in [0.29, 0.717) is 5.25 Å². The summed E-state index contributed by atoms with van der Waals surface area (Å²) in [5.74, 6) is 0.915. The number of methoxy groups -OCH3 is 1. The summed E-state index contributed by atoms with van der Waals surface area (Å²) >= 11 is 0. The minimum absolute atomic E-state index is 0.147. The van der Waals surface area contributed by atoms with E-state index in [1.165, 1.54) is 5.56 Å². The van der Waals surface area contributed by atoms with Crippen LogP contribution in [0.4, 0.5) is 0 Å². The summed E-state index contributed by atoms with van der Waals surface area (Å²) < 4.78 is 11.4. The summed E-state index contributed by atoms with van der Waals surface area (Å²) in [6.45, 7) is 7.33. The van der Waals surface area contributed by atoms with Gasteiger partial charge >= 0.3 is 0 Å². The third-order valence-corrected chi connectivity index (χ3v) is 6.78. The van der Waals surface area contributed by atoms with Crippen molar-refractivity contribution in [1.82, 2.24) is 0 Å². The maximum atomic E-state index is 5.98. The lowest BCUT2D eigenvalue weighted by Crippen LogP contribution is -2.34. The third kappa shape index (κ3) is 2.81. The second kappa shape index (κ2) is 5.76. The molecule has 1 aromatic rings. The van der Waals surface area contributed by atoms with Gasteiger partial charge in [-0.3, -0.25) is 0 Å². The number of hydrogen-bond donors (Lipinski definition) is 0. The molecule has 0 bridgehead atoms. The highest BCUT2D eigenvalue weighted by molar-refractivity contribution is 8.77. The topological polar surface area (TPSA) is 18.5 Å². The Morgan fingerprint density at radius 3 is 2.78 bits per heavy atom. The Morgan fingerprint density at radius 2 is 2.11 bits per heavy atom. The molecule has 2 atom stereocenters. The lowest BCUT2D eigenvalue weighted by Gasteiger charge is -2.28. The Bertz CT molecular complexity index is 407. The molecule has 0 spiro atoms. The van der Waals surface area contributed by atoms with Crippen LogP contribution in [0.5, 0.6) is 5.75 Å². The highest BCUT2D eigenvalue weighted by Gasteiger charge is 2.45. The van der Waals surface area contributed by atoms with Crippen molar-refractivity contribution in [3.63, 3.8) is 0 Å². The van der Waals surface area contributed by atoms with Crippen LogP contribution in [0, 0.1) is 0 Å². The second-order valence-electron chi connectivity index (χ2n) is 4.86. The van der Waals surface area contributed by atoms with Crippen LogP contribution in [0.1, 0.15) is 31.6 Å². The van der Waals surface area contributed by atoms with Crippen molar-refractivity contribution in [3.8, 4) is 5.75 Å². The molecule has 0 radical (unpaired) electrons. The molecular formula is C14H20O2S2. The predicted molar refractivity (Wildman–Crippen MR) is 80.4 cm³/mol. The Hall–Kier alpha value is -0.320. The molecule has 1 aliphatic rings. The van der Waals surface area contributed by atoms with E-state index in [1.807, 2.05) is 33.7 Å². The van der Waals surface area contributed by atoms with Gasteiger partial charge in [0, 0.05) is 11.4 Å². The maximum Gasteiger partial charge on any atom is 0.119 e. The summed E-state index contributed by atoms with van der Waals surface area (Å²) in [5, 5.41) is 0.375. The van der Waals surface area contributed by atoms with E-state index < -0.39 is 0 Å². The van der Waals surface area contributed by atoms with Crippen molar-refractivity contribution < 1.29 is 9.47 Å². The van der Waals surface area contributed by atoms with Gasteiger partial charge in [-0.2, -0.15) is 0 Å². The first-order chi connectivity index (χ1) is 8.58. The first-order valence-corrected chi connectivity index (χ1v) is 8.40. The zero-order chi connectivity index (χ0) is 13.2. The van der Waals surface area contributed by atoms with Crippen LogP contribution in [-0.2, 0) is 4.74 Å². The van der Waals surface area contributed by atoms with Crippen LogP contribution in [0.2, 0.25) is 0 Å². The Balaban J connectivity index is 2.26. The Morgan fingerprint density at radius 1 is 1.33 bits per heavy atom. The van der Waals surface area contributed by atoms with Gasteiger partial charge in [-0.25, -0.2) is 0 Å². The molecule has 0 amide bonds. The van der Waals surface area contributed by atoms with Crippen LogP contribution < -0.4 is 4.74 Å². The first kappa shape index (κ1) is 14.1. The largest absolute Gasteiger partial charge is 0.497 e. The molecule has 2 nitrogen and oxygen atoms in total. The molecule has 0 aromatic heterocycles. The molecule has 4 heteroatoms. The quantitative estimate of drug-likeness (QED) is 0.766. The Kier molecular flexibility index (Phi) is 4.51. The molecule has 0 saturated carbocycles. The lowest BCUT2D eigenvalue weighted by atomic mass is 9.97. The normalized spacial score (nSPS) is 26.2. The van der Waals surface area contributed by atoms with Gasteiger partial charge in [-0.05, 0) is 38.5 Å². The van der Waals surface area contributed by atoms with Crippen molar-refractivity contribution in [2.75, 3.05) is 13.7 Å². The SMILES string of the molecule is CCO[C@H]1[C@@H](c2cccc(OC)c2)SSC1(C)C. The lowest BCUT2D eigenvalue weighted by molar-refractivity contribution is 0.0430. The van der Waals surface area contributed by atoms with Gasteiger partial charge in [0.2, 0.25) is 0 Å². The zero-order valence-corrected chi connectivity index (χ0v) is 12.9. The van der Waals surface area contributed by atoms with E-state index in [0.717, 1.165) is 12.4 Å². The van der Waals surface area contributed by atoms with Crippen molar-refractivity contribution >= 4 is 21.6 Å². The van der Waals surface area contributed by atoms with E-state index >= 15 is 0 Å². The fraction of sp³-hybridized carbons (Fsp3) is 0.571. The van der Waals surface area contributed by atoms with Gasteiger partial charge in [0.25, 0.3) is 0 Å². The molecule has 1 saturated heterocycles. The standard InChI is InChI=1S/C14H20O2S2/c1-5-16-13-12(17-18-14(13,2)3)10-7-6-8-11(9-10)15-4/h6-9,12-13H,5H2,1-4H3/t12-,13+/m1/s1. The van der Waals surface area contributed by atoms with Crippen LogP contribution in [0.25, 0.3) is 0 Å². The molecule has 1 heterocycles. The molecule has 2 rings (SSSR count). The summed E-state index contributed by atoms with van der Waals surface area (Å²) in [7, 11) is 5.53. The fourth-order valence-corrected chi connectivity index (χ4v) is 5.64. The molecule has 18 heavy (non-hydrogen) atoms. The fourth-order valence-electron chi connectivity index (χ4n) is 2.15. The van der Waals surface area contributed by atoms with Gasteiger partial charge in [0.1, 0.15) is 5.75 Å². The van der Waals surface area contributed by atoms with Crippen LogP contribution in [0.3, 0.4) is 0 Å². The molecule has 0 aliphatic carbocycles. The van der Waals surface area contributed by atoms with Crippen molar-refractivity contribution in [2.45, 2.75) is 36.9 Å². The van der Waals surface area contributed by atoms with Gasteiger partial charge in [-0.15, -0.1) is 0 Å². The maximum absolute atomic E-state index is 5.98. The van der Waals surface area contributed by atoms with Crippen LogP contribution >= 0.6 is 21.6 Å². The monoisotopic (exact) mass is 284 g/mol. The van der Waals surface area contributed by atoms with Gasteiger partial charge in [0.15, 0.2) is 0 Å². The molecule has 1 aliphatic heterocycles. The van der Waals surface area contributed by atoms with Crippen molar-refractivity contribution in [2.24, 2.45) is 0 Å². The molecule has 1 aromatic carbocycles. The number of rotatable bonds is 4. The van der Waals surface area contributed by atoms with E-state index in [1.54, 1.807) is 7.11 Å². The van der Waals surface area contributed by atoms with Crippen LogP contribution in [0.15, 0.2) is 24.3 Å².